The van der Waals surface area contributed by atoms with Crippen molar-refractivity contribution in [1.82, 2.24) is 29.1 Å². The van der Waals surface area contributed by atoms with Gasteiger partial charge in [0.15, 0.2) is 5.82 Å². The van der Waals surface area contributed by atoms with Crippen LogP contribution in [0.25, 0.3) is 22.6 Å². The lowest BCUT2D eigenvalue weighted by molar-refractivity contribution is 0.0196. The molecule has 4 aromatic rings. The third-order valence-electron chi connectivity index (χ3n) is 9.12. The van der Waals surface area contributed by atoms with E-state index >= 15 is 0 Å². The van der Waals surface area contributed by atoms with Gasteiger partial charge in [0.2, 0.25) is 0 Å². The Kier molecular flexibility index (Phi) is 8.11. The van der Waals surface area contributed by atoms with Crippen molar-refractivity contribution in [1.29, 1.82) is 0 Å². The normalized spacial score (nSPS) is 22.5. The summed E-state index contributed by atoms with van der Waals surface area (Å²) < 4.78 is 26.2. The molecule has 46 heavy (non-hydrogen) atoms. The SMILES string of the molecule is CC1(O)CCC(Nc2cc(Nc3ccnc(-c4cnn(S(=O)(=O)C5CC5)c4)n3)ncc2-c2ccc(N3CCC(O)CC3)cn2)CC1. The number of aliphatic hydroxyl groups is 2. The van der Waals surface area contributed by atoms with Crippen LogP contribution in [0.4, 0.5) is 23.0 Å². The molecule has 242 valence electrons. The van der Waals surface area contributed by atoms with Gasteiger partial charge < -0.3 is 25.7 Å². The first-order valence-corrected chi connectivity index (χ1v) is 17.4. The van der Waals surface area contributed by atoms with Gasteiger partial charge >= 0.3 is 0 Å². The Morgan fingerprint density at radius 3 is 2.43 bits per heavy atom. The van der Waals surface area contributed by atoms with Gasteiger partial charge in [-0.1, -0.05) is 0 Å². The molecule has 0 bridgehead atoms. The van der Waals surface area contributed by atoms with E-state index in [1.54, 1.807) is 18.5 Å². The molecule has 3 fully saturated rings. The van der Waals surface area contributed by atoms with Crippen LogP contribution in [0.5, 0.6) is 0 Å². The lowest BCUT2D eigenvalue weighted by Gasteiger charge is -2.34. The molecule has 1 saturated heterocycles. The van der Waals surface area contributed by atoms with Crippen molar-refractivity contribution in [2.24, 2.45) is 0 Å². The highest BCUT2D eigenvalue weighted by atomic mass is 32.2. The Hall–Kier alpha value is -4.14. The minimum Gasteiger partial charge on any atom is -0.393 e. The van der Waals surface area contributed by atoms with Crippen LogP contribution in [0.15, 0.2) is 55.2 Å². The molecular weight excluding hydrogens is 606 g/mol. The van der Waals surface area contributed by atoms with E-state index < -0.39 is 15.6 Å². The van der Waals surface area contributed by atoms with Crippen molar-refractivity contribution in [3.8, 4) is 22.6 Å². The summed E-state index contributed by atoms with van der Waals surface area (Å²) in [6.45, 7) is 3.49. The first kappa shape index (κ1) is 30.5. The Morgan fingerprint density at radius 2 is 1.72 bits per heavy atom. The summed E-state index contributed by atoms with van der Waals surface area (Å²) in [5, 5.41) is 31.0. The second-order valence-corrected chi connectivity index (χ2v) is 15.0. The molecule has 0 amide bonds. The van der Waals surface area contributed by atoms with E-state index in [2.05, 4.69) is 41.7 Å². The first-order valence-electron chi connectivity index (χ1n) is 15.9. The Labute approximate surface area is 268 Å². The monoisotopic (exact) mass is 645 g/mol. The largest absolute Gasteiger partial charge is 0.393 e. The highest BCUT2D eigenvalue weighted by molar-refractivity contribution is 7.90. The van der Waals surface area contributed by atoms with Crippen molar-refractivity contribution in [3.05, 3.63) is 55.2 Å². The minimum absolute atomic E-state index is 0.183. The number of nitrogens with zero attached hydrogens (tertiary/aromatic N) is 7. The van der Waals surface area contributed by atoms with Crippen molar-refractivity contribution in [2.45, 2.75) is 81.3 Å². The highest BCUT2D eigenvalue weighted by Gasteiger charge is 2.37. The van der Waals surface area contributed by atoms with E-state index in [0.29, 0.717) is 35.9 Å². The predicted octanol–water partition coefficient (Wildman–Crippen LogP) is 3.95. The fourth-order valence-corrected chi connectivity index (χ4v) is 7.56. The van der Waals surface area contributed by atoms with Crippen LogP contribution in [-0.4, -0.2) is 83.8 Å². The van der Waals surface area contributed by atoms with Crippen molar-refractivity contribution in [3.63, 3.8) is 0 Å². The standard InChI is InChI=1S/C32H39N9O4S/c1-32(43)11-6-22(7-12-32)37-28-16-30(35-19-26(28)27-5-2-23(18-34-27)40-14-9-24(42)10-15-40)38-29-8-13-33-31(39-29)21-17-36-41(20-21)46(44,45)25-3-4-25/h2,5,8,13,16-20,22,24-25,42-43H,3-4,6-7,9-12,14-15H2,1H3,(H2,33,35,37,38,39). The number of aliphatic hydroxyl groups excluding tert-OH is 1. The topological polar surface area (TPSA) is 171 Å². The fourth-order valence-electron chi connectivity index (χ4n) is 6.08. The summed E-state index contributed by atoms with van der Waals surface area (Å²) in [5.41, 5.74) is 3.40. The van der Waals surface area contributed by atoms with E-state index in [4.69, 9.17) is 4.98 Å². The van der Waals surface area contributed by atoms with Gasteiger partial charge in [-0.05, 0) is 76.5 Å². The molecule has 0 atom stereocenters. The summed E-state index contributed by atoms with van der Waals surface area (Å²) in [4.78, 5) is 20.7. The molecule has 13 nitrogen and oxygen atoms in total. The molecule has 14 heteroatoms. The van der Waals surface area contributed by atoms with E-state index in [0.717, 1.165) is 78.3 Å². The van der Waals surface area contributed by atoms with E-state index in [1.165, 1.54) is 12.4 Å². The number of anilines is 4. The van der Waals surface area contributed by atoms with Crippen LogP contribution in [-0.2, 0) is 10.0 Å². The maximum absolute atomic E-state index is 12.6. The van der Waals surface area contributed by atoms with E-state index in [9.17, 15) is 18.6 Å². The quantitative estimate of drug-likeness (QED) is 0.207. The van der Waals surface area contributed by atoms with Crippen molar-refractivity contribution in [2.75, 3.05) is 28.6 Å². The summed E-state index contributed by atoms with van der Waals surface area (Å²) in [6, 6.07) is 7.91. The summed E-state index contributed by atoms with van der Waals surface area (Å²) in [6.07, 6.45) is 13.9. The molecule has 1 aliphatic heterocycles. The van der Waals surface area contributed by atoms with Gasteiger partial charge in [0.05, 0.1) is 52.5 Å². The molecule has 0 unspecified atom stereocenters. The maximum atomic E-state index is 12.6. The number of piperidine rings is 1. The van der Waals surface area contributed by atoms with Gasteiger partial charge in [0.1, 0.15) is 11.6 Å². The maximum Gasteiger partial charge on any atom is 0.256 e. The lowest BCUT2D eigenvalue weighted by Crippen LogP contribution is -2.36. The number of aromatic nitrogens is 6. The van der Waals surface area contributed by atoms with Gasteiger partial charge in [0.25, 0.3) is 10.0 Å². The van der Waals surface area contributed by atoms with Crippen LogP contribution in [0.3, 0.4) is 0 Å². The van der Waals surface area contributed by atoms with Crippen molar-refractivity contribution < 1.29 is 18.6 Å². The number of nitrogens with one attached hydrogen (secondary N) is 2. The Morgan fingerprint density at radius 1 is 0.935 bits per heavy atom. The molecule has 0 spiro atoms. The minimum atomic E-state index is -3.49. The molecule has 5 heterocycles. The molecule has 0 aromatic carbocycles. The number of rotatable bonds is 9. The smallest absolute Gasteiger partial charge is 0.256 e. The lowest BCUT2D eigenvalue weighted by atomic mass is 9.83. The van der Waals surface area contributed by atoms with Gasteiger partial charge in [-0.25, -0.2) is 23.4 Å². The number of hydrogen-bond donors (Lipinski definition) is 4. The van der Waals surface area contributed by atoms with Gasteiger partial charge in [-0.3, -0.25) is 4.98 Å². The zero-order valence-corrected chi connectivity index (χ0v) is 26.6. The third kappa shape index (κ3) is 6.69. The molecule has 2 saturated carbocycles. The molecular formula is C32H39N9O4S. The average Bonchev–Trinajstić information content (AvgIpc) is 3.80. The van der Waals surface area contributed by atoms with E-state index in [-0.39, 0.29) is 17.4 Å². The highest BCUT2D eigenvalue weighted by Crippen LogP contribution is 2.35. The molecule has 0 radical (unpaired) electrons. The van der Waals surface area contributed by atoms with Crippen LogP contribution >= 0.6 is 0 Å². The zero-order valence-electron chi connectivity index (χ0n) is 25.7. The average molecular weight is 646 g/mol. The van der Waals surface area contributed by atoms with Gasteiger partial charge in [-0.2, -0.15) is 9.19 Å². The van der Waals surface area contributed by atoms with Crippen LogP contribution in [0.2, 0.25) is 0 Å². The second-order valence-electron chi connectivity index (χ2n) is 12.9. The molecule has 2 aliphatic carbocycles. The first-order chi connectivity index (χ1) is 22.1. The van der Waals surface area contributed by atoms with Crippen LogP contribution < -0.4 is 15.5 Å². The van der Waals surface area contributed by atoms with Gasteiger partial charge in [-0.15, -0.1) is 0 Å². The summed E-state index contributed by atoms with van der Waals surface area (Å²) in [5.74, 6) is 1.41. The molecule has 4 N–H and O–H groups in total. The van der Waals surface area contributed by atoms with Crippen molar-refractivity contribution >= 4 is 33.0 Å². The second kappa shape index (κ2) is 12.2. The molecule has 7 rings (SSSR count). The Bertz CT molecular complexity index is 1790. The molecule has 4 aromatic heterocycles. The third-order valence-corrected chi connectivity index (χ3v) is 11.2. The van der Waals surface area contributed by atoms with Crippen LogP contribution in [0, 0.1) is 0 Å². The number of pyridine rings is 2. The molecule has 3 aliphatic rings. The Balaban J connectivity index is 1.13. The summed E-state index contributed by atoms with van der Waals surface area (Å²) in [7, 11) is -3.49. The van der Waals surface area contributed by atoms with E-state index in [1.807, 2.05) is 25.3 Å². The number of hydrogen-bond acceptors (Lipinski definition) is 12. The predicted molar refractivity (Wildman–Crippen MR) is 175 cm³/mol. The van der Waals surface area contributed by atoms with Crippen LogP contribution in [0.1, 0.15) is 58.3 Å². The summed E-state index contributed by atoms with van der Waals surface area (Å²) >= 11 is 0. The zero-order chi connectivity index (χ0) is 31.9. The van der Waals surface area contributed by atoms with Gasteiger partial charge in [0, 0.05) is 48.8 Å². The fraction of sp³-hybridized carbons (Fsp3) is 0.469.